The SMILES string of the molecule is CNCC(=O)SCCOCO. The second-order valence-corrected chi connectivity index (χ2v) is 2.94. The number of thioether (sulfide) groups is 1. The Morgan fingerprint density at radius 1 is 1.73 bits per heavy atom. The Hall–Kier alpha value is -0.100. The van der Waals surface area contributed by atoms with E-state index in [-0.39, 0.29) is 11.9 Å². The van der Waals surface area contributed by atoms with Gasteiger partial charge in [-0.3, -0.25) is 4.79 Å². The zero-order chi connectivity index (χ0) is 8.53. The highest BCUT2D eigenvalue weighted by Gasteiger charge is 1.98. The van der Waals surface area contributed by atoms with Gasteiger partial charge in [0, 0.05) is 5.75 Å². The number of aliphatic hydroxyl groups is 1. The van der Waals surface area contributed by atoms with E-state index < -0.39 is 0 Å². The van der Waals surface area contributed by atoms with Crippen LogP contribution in [0.3, 0.4) is 0 Å². The Labute approximate surface area is 70.3 Å². The second-order valence-electron chi connectivity index (χ2n) is 1.79. The molecule has 11 heavy (non-hydrogen) atoms. The molecule has 0 saturated heterocycles. The molecular formula is C6H13NO3S. The fourth-order valence-corrected chi connectivity index (χ4v) is 1.15. The van der Waals surface area contributed by atoms with Gasteiger partial charge in [0.05, 0.1) is 13.2 Å². The minimum Gasteiger partial charge on any atom is -0.371 e. The molecule has 66 valence electrons. The Kier molecular flexibility index (Phi) is 7.93. The van der Waals surface area contributed by atoms with Crippen LogP contribution in [-0.4, -0.2) is 43.0 Å². The van der Waals surface area contributed by atoms with Crippen molar-refractivity contribution in [1.29, 1.82) is 0 Å². The Balaban J connectivity index is 3.04. The van der Waals surface area contributed by atoms with Crippen LogP contribution in [0.2, 0.25) is 0 Å². The quantitative estimate of drug-likeness (QED) is 0.422. The molecule has 0 spiro atoms. The van der Waals surface area contributed by atoms with Crippen LogP contribution in [0.1, 0.15) is 0 Å². The van der Waals surface area contributed by atoms with Crippen LogP contribution in [0.5, 0.6) is 0 Å². The highest BCUT2D eigenvalue weighted by Crippen LogP contribution is 1.99. The van der Waals surface area contributed by atoms with Gasteiger partial charge in [-0.05, 0) is 7.05 Å². The van der Waals surface area contributed by atoms with Crippen molar-refractivity contribution < 1.29 is 14.6 Å². The average molecular weight is 179 g/mol. The highest BCUT2D eigenvalue weighted by atomic mass is 32.2. The largest absolute Gasteiger partial charge is 0.371 e. The van der Waals surface area contributed by atoms with Gasteiger partial charge >= 0.3 is 0 Å². The number of hydrogen-bond acceptors (Lipinski definition) is 5. The van der Waals surface area contributed by atoms with Crippen LogP contribution in [0.25, 0.3) is 0 Å². The van der Waals surface area contributed by atoms with E-state index in [2.05, 4.69) is 10.1 Å². The molecule has 0 bridgehead atoms. The van der Waals surface area contributed by atoms with Crippen molar-refractivity contribution in [3.05, 3.63) is 0 Å². The molecule has 0 aliphatic rings. The van der Waals surface area contributed by atoms with E-state index in [1.54, 1.807) is 7.05 Å². The van der Waals surface area contributed by atoms with Crippen molar-refractivity contribution in [2.24, 2.45) is 0 Å². The number of carbonyl (C=O) groups excluding carboxylic acids is 1. The summed E-state index contributed by atoms with van der Waals surface area (Å²) in [5.41, 5.74) is 0. The fraction of sp³-hybridized carbons (Fsp3) is 0.833. The predicted octanol–water partition coefficient (Wildman–Crippen LogP) is -0.568. The molecule has 0 atom stereocenters. The monoisotopic (exact) mass is 179 g/mol. The third-order valence-electron chi connectivity index (χ3n) is 0.903. The summed E-state index contributed by atoms with van der Waals surface area (Å²) in [6.07, 6.45) is 0. The van der Waals surface area contributed by atoms with Crippen molar-refractivity contribution in [2.75, 3.05) is 32.7 Å². The average Bonchev–Trinajstić information content (AvgIpc) is 1.99. The summed E-state index contributed by atoms with van der Waals surface area (Å²) in [7, 11) is 1.72. The fourth-order valence-electron chi connectivity index (χ4n) is 0.474. The van der Waals surface area contributed by atoms with E-state index in [1.807, 2.05) is 0 Å². The lowest BCUT2D eigenvalue weighted by Gasteiger charge is -1.99. The number of aliphatic hydroxyl groups excluding tert-OH is 1. The van der Waals surface area contributed by atoms with Crippen LogP contribution < -0.4 is 5.32 Å². The van der Waals surface area contributed by atoms with Gasteiger partial charge in [0.25, 0.3) is 0 Å². The van der Waals surface area contributed by atoms with Crippen molar-refractivity contribution >= 4 is 16.9 Å². The summed E-state index contributed by atoms with van der Waals surface area (Å²) in [5.74, 6) is 0.598. The van der Waals surface area contributed by atoms with Crippen LogP contribution in [0, 0.1) is 0 Å². The first kappa shape index (κ1) is 10.9. The molecular weight excluding hydrogens is 166 g/mol. The third-order valence-corrected chi connectivity index (χ3v) is 1.74. The standard InChI is InChI=1S/C6H13NO3S/c1-7-4-6(9)11-3-2-10-5-8/h7-8H,2-5H2,1H3. The van der Waals surface area contributed by atoms with Gasteiger partial charge in [-0.15, -0.1) is 0 Å². The van der Waals surface area contributed by atoms with Crippen molar-refractivity contribution in [3.8, 4) is 0 Å². The molecule has 0 amide bonds. The van der Waals surface area contributed by atoms with Gasteiger partial charge in [0.2, 0.25) is 5.12 Å². The normalized spacial score (nSPS) is 10.0. The number of carbonyl (C=O) groups is 1. The van der Waals surface area contributed by atoms with Gasteiger partial charge in [-0.1, -0.05) is 11.8 Å². The molecule has 0 unspecified atom stereocenters. The first-order valence-electron chi connectivity index (χ1n) is 3.30. The maximum atomic E-state index is 10.8. The van der Waals surface area contributed by atoms with E-state index in [4.69, 9.17) is 5.11 Å². The van der Waals surface area contributed by atoms with E-state index in [0.717, 1.165) is 0 Å². The Morgan fingerprint density at radius 2 is 2.45 bits per heavy atom. The summed E-state index contributed by atoms with van der Waals surface area (Å²) < 4.78 is 4.62. The van der Waals surface area contributed by atoms with E-state index in [9.17, 15) is 4.79 Å². The molecule has 4 nitrogen and oxygen atoms in total. The molecule has 0 aliphatic carbocycles. The Bertz CT molecular complexity index is 110. The van der Waals surface area contributed by atoms with Gasteiger partial charge in [0.1, 0.15) is 6.79 Å². The van der Waals surface area contributed by atoms with E-state index in [0.29, 0.717) is 18.9 Å². The maximum absolute atomic E-state index is 10.8. The summed E-state index contributed by atoms with van der Waals surface area (Å²) in [4.78, 5) is 10.8. The first-order chi connectivity index (χ1) is 5.31. The summed E-state index contributed by atoms with van der Waals surface area (Å²) >= 11 is 1.20. The molecule has 0 saturated carbocycles. The molecule has 5 heteroatoms. The number of ether oxygens (including phenoxy) is 1. The lowest BCUT2D eigenvalue weighted by molar-refractivity contribution is -0.110. The maximum Gasteiger partial charge on any atom is 0.202 e. The van der Waals surface area contributed by atoms with E-state index >= 15 is 0 Å². The lowest BCUT2D eigenvalue weighted by atomic mass is 10.7. The van der Waals surface area contributed by atoms with E-state index in [1.165, 1.54) is 11.8 Å². The molecule has 0 aliphatic heterocycles. The molecule has 0 heterocycles. The molecule has 2 N–H and O–H groups in total. The van der Waals surface area contributed by atoms with Crippen LogP contribution in [-0.2, 0) is 9.53 Å². The minimum absolute atomic E-state index is 0.0917. The van der Waals surface area contributed by atoms with Crippen molar-refractivity contribution in [3.63, 3.8) is 0 Å². The zero-order valence-electron chi connectivity index (χ0n) is 6.50. The minimum atomic E-state index is -0.277. The number of nitrogens with one attached hydrogen (secondary N) is 1. The molecule has 0 aromatic heterocycles. The van der Waals surface area contributed by atoms with Gasteiger partial charge < -0.3 is 15.2 Å². The highest BCUT2D eigenvalue weighted by molar-refractivity contribution is 8.13. The molecule has 0 rings (SSSR count). The number of hydrogen-bond donors (Lipinski definition) is 2. The second kappa shape index (κ2) is 8.00. The summed E-state index contributed by atoms with van der Waals surface area (Å²) in [6.45, 7) is 0.515. The predicted molar refractivity (Wildman–Crippen MR) is 44.4 cm³/mol. The number of likely N-dealkylation sites (N-methyl/N-ethyl adjacent to an activating group) is 1. The molecule has 0 fully saturated rings. The lowest BCUT2D eigenvalue weighted by Crippen LogP contribution is -2.16. The zero-order valence-corrected chi connectivity index (χ0v) is 7.32. The molecule has 0 aromatic carbocycles. The van der Waals surface area contributed by atoms with Crippen molar-refractivity contribution in [1.82, 2.24) is 5.32 Å². The van der Waals surface area contributed by atoms with Gasteiger partial charge in [0.15, 0.2) is 0 Å². The van der Waals surface area contributed by atoms with Crippen LogP contribution >= 0.6 is 11.8 Å². The van der Waals surface area contributed by atoms with Crippen LogP contribution in [0.4, 0.5) is 0 Å². The smallest absolute Gasteiger partial charge is 0.202 e. The molecule has 0 aromatic rings. The van der Waals surface area contributed by atoms with Crippen LogP contribution in [0.15, 0.2) is 0 Å². The third kappa shape index (κ3) is 7.80. The topological polar surface area (TPSA) is 58.6 Å². The van der Waals surface area contributed by atoms with Gasteiger partial charge in [-0.25, -0.2) is 0 Å². The Morgan fingerprint density at radius 3 is 3.00 bits per heavy atom. The summed E-state index contributed by atoms with van der Waals surface area (Å²) in [5, 5.41) is 11.0. The van der Waals surface area contributed by atoms with Crippen molar-refractivity contribution in [2.45, 2.75) is 0 Å². The first-order valence-corrected chi connectivity index (χ1v) is 4.28. The van der Waals surface area contributed by atoms with Gasteiger partial charge in [-0.2, -0.15) is 0 Å². The summed E-state index contributed by atoms with van der Waals surface area (Å²) in [6, 6.07) is 0. The number of rotatable bonds is 6. The molecule has 0 radical (unpaired) electrons.